The zero-order chi connectivity index (χ0) is 11.6. The van der Waals surface area contributed by atoms with Crippen LogP contribution in [0, 0.1) is 6.92 Å². The molecule has 0 aliphatic carbocycles. The molecule has 4 nitrogen and oxygen atoms in total. The van der Waals surface area contributed by atoms with Crippen molar-refractivity contribution in [3.8, 4) is 5.75 Å². The molecule has 16 heavy (non-hydrogen) atoms. The molecule has 0 saturated heterocycles. The van der Waals surface area contributed by atoms with Crippen molar-refractivity contribution >= 4 is 18.4 Å². The third kappa shape index (κ3) is 2.84. The SMILES string of the molecule is Cc1cc(C(=O)O)cc([C@H](N)CF)c1O.Cl. The van der Waals surface area contributed by atoms with Gasteiger partial charge >= 0.3 is 5.97 Å². The minimum absolute atomic E-state index is 0. The van der Waals surface area contributed by atoms with Gasteiger partial charge in [0.05, 0.1) is 11.6 Å². The zero-order valence-electron chi connectivity index (χ0n) is 8.61. The number of aryl methyl sites for hydroxylation is 1. The summed E-state index contributed by atoms with van der Waals surface area (Å²) in [5, 5.41) is 18.3. The number of hydrogen-bond acceptors (Lipinski definition) is 3. The van der Waals surface area contributed by atoms with Gasteiger partial charge in [0.15, 0.2) is 0 Å². The Labute approximate surface area is 98.3 Å². The van der Waals surface area contributed by atoms with Gasteiger partial charge in [-0.15, -0.1) is 12.4 Å². The minimum Gasteiger partial charge on any atom is -0.507 e. The van der Waals surface area contributed by atoms with E-state index >= 15 is 0 Å². The lowest BCUT2D eigenvalue weighted by Gasteiger charge is -2.12. The van der Waals surface area contributed by atoms with Crippen LogP contribution >= 0.6 is 12.4 Å². The van der Waals surface area contributed by atoms with Crippen LogP contribution in [0.5, 0.6) is 5.75 Å². The van der Waals surface area contributed by atoms with Gasteiger partial charge < -0.3 is 15.9 Å². The van der Waals surface area contributed by atoms with Gasteiger partial charge in [-0.3, -0.25) is 0 Å². The number of alkyl halides is 1. The van der Waals surface area contributed by atoms with Gasteiger partial charge in [-0.05, 0) is 24.6 Å². The van der Waals surface area contributed by atoms with E-state index in [2.05, 4.69) is 0 Å². The van der Waals surface area contributed by atoms with Crippen LogP contribution in [-0.4, -0.2) is 22.9 Å². The number of halogens is 2. The van der Waals surface area contributed by atoms with E-state index in [1.165, 1.54) is 19.1 Å². The van der Waals surface area contributed by atoms with Crippen molar-refractivity contribution in [2.24, 2.45) is 5.73 Å². The van der Waals surface area contributed by atoms with E-state index in [1.54, 1.807) is 0 Å². The minimum atomic E-state index is -1.13. The third-order valence-corrected chi connectivity index (χ3v) is 2.14. The number of aromatic carboxylic acids is 1. The van der Waals surface area contributed by atoms with E-state index in [0.29, 0.717) is 5.56 Å². The molecule has 0 spiro atoms. The fraction of sp³-hybridized carbons (Fsp3) is 0.300. The van der Waals surface area contributed by atoms with Crippen LogP contribution in [0.15, 0.2) is 12.1 Å². The first-order valence-corrected chi connectivity index (χ1v) is 4.35. The van der Waals surface area contributed by atoms with Gasteiger partial charge in [-0.25, -0.2) is 9.18 Å². The van der Waals surface area contributed by atoms with Gasteiger partial charge in [-0.1, -0.05) is 0 Å². The quantitative estimate of drug-likeness (QED) is 0.763. The molecule has 1 aromatic rings. The Morgan fingerprint density at radius 2 is 2.12 bits per heavy atom. The van der Waals surface area contributed by atoms with Gasteiger partial charge in [0.25, 0.3) is 0 Å². The van der Waals surface area contributed by atoms with E-state index < -0.39 is 18.7 Å². The Balaban J connectivity index is 0.00000225. The number of rotatable bonds is 3. The molecule has 0 aliphatic heterocycles. The summed E-state index contributed by atoms with van der Waals surface area (Å²) < 4.78 is 12.3. The number of phenolic OH excluding ortho intramolecular Hbond substituents is 1. The van der Waals surface area contributed by atoms with Crippen LogP contribution in [0.1, 0.15) is 27.5 Å². The van der Waals surface area contributed by atoms with Crippen LogP contribution in [0.3, 0.4) is 0 Å². The lowest BCUT2D eigenvalue weighted by molar-refractivity contribution is 0.0696. The molecule has 6 heteroatoms. The highest BCUT2D eigenvalue weighted by Gasteiger charge is 2.16. The molecule has 0 aromatic heterocycles. The summed E-state index contributed by atoms with van der Waals surface area (Å²) in [5.41, 5.74) is 5.88. The molecule has 0 amide bonds. The second kappa shape index (κ2) is 5.67. The second-order valence-corrected chi connectivity index (χ2v) is 3.30. The molecular weight excluding hydrogens is 237 g/mol. The van der Waals surface area contributed by atoms with Crippen LogP contribution < -0.4 is 5.73 Å². The van der Waals surface area contributed by atoms with Gasteiger partial charge in [0.2, 0.25) is 0 Å². The van der Waals surface area contributed by atoms with Crippen LogP contribution in [0.4, 0.5) is 4.39 Å². The molecule has 1 atom stereocenters. The Hall–Kier alpha value is -1.33. The van der Waals surface area contributed by atoms with Crippen LogP contribution in [0.25, 0.3) is 0 Å². The maximum atomic E-state index is 12.3. The largest absolute Gasteiger partial charge is 0.507 e. The fourth-order valence-electron chi connectivity index (χ4n) is 1.30. The Bertz CT molecular complexity index is 398. The fourth-order valence-corrected chi connectivity index (χ4v) is 1.30. The first-order valence-electron chi connectivity index (χ1n) is 4.35. The highest BCUT2D eigenvalue weighted by molar-refractivity contribution is 5.88. The molecule has 1 rings (SSSR count). The molecule has 0 heterocycles. The standard InChI is InChI=1S/C10H12FNO3.ClH/c1-5-2-6(10(14)15)3-7(9(5)13)8(12)4-11;/h2-3,8,13H,4,12H2,1H3,(H,14,15);1H/t8-;/m1./s1. The monoisotopic (exact) mass is 249 g/mol. The number of carboxylic acids is 1. The van der Waals surface area contributed by atoms with Crippen molar-refractivity contribution in [3.63, 3.8) is 0 Å². The molecule has 0 radical (unpaired) electrons. The third-order valence-electron chi connectivity index (χ3n) is 2.14. The molecule has 0 unspecified atom stereocenters. The van der Waals surface area contributed by atoms with Crippen molar-refractivity contribution in [1.82, 2.24) is 0 Å². The lowest BCUT2D eigenvalue weighted by Crippen LogP contribution is -2.14. The summed E-state index contributed by atoms with van der Waals surface area (Å²) in [5.74, 6) is -1.28. The van der Waals surface area contributed by atoms with Crippen molar-refractivity contribution in [2.45, 2.75) is 13.0 Å². The van der Waals surface area contributed by atoms with Gasteiger partial charge in [0.1, 0.15) is 12.4 Å². The second-order valence-electron chi connectivity index (χ2n) is 3.30. The molecule has 0 aliphatic rings. The highest BCUT2D eigenvalue weighted by atomic mass is 35.5. The first kappa shape index (κ1) is 14.7. The van der Waals surface area contributed by atoms with Crippen molar-refractivity contribution in [2.75, 3.05) is 6.67 Å². The van der Waals surface area contributed by atoms with Crippen molar-refractivity contribution in [1.29, 1.82) is 0 Å². The Morgan fingerprint density at radius 3 is 2.56 bits per heavy atom. The lowest BCUT2D eigenvalue weighted by atomic mass is 10.0. The summed E-state index contributed by atoms with van der Waals surface area (Å²) in [6, 6.07) is 1.50. The number of benzene rings is 1. The summed E-state index contributed by atoms with van der Waals surface area (Å²) in [6.07, 6.45) is 0. The predicted molar refractivity (Wildman–Crippen MR) is 60.0 cm³/mol. The maximum Gasteiger partial charge on any atom is 0.335 e. The number of hydrogen-bond donors (Lipinski definition) is 3. The number of carbonyl (C=O) groups is 1. The van der Waals surface area contributed by atoms with E-state index in [-0.39, 0.29) is 29.3 Å². The number of carboxylic acid groups (broad SMARTS) is 1. The van der Waals surface area contributed by atoms with E-state index in [9.17, 15) is 14.3 Å². The maximum absolute atomic E-state index is 12.3. The smallest absolute Gasteiger partial charge is 0.335 e. The summed E-state index contributed by atoms with van der Waals surface area (Å²) >= 11 is 0. The van der Waals surface area contributed by atoms with E-state index in [4.69, 9.17) is 10.8 Å². The topological polar surface area (TPSA) is 83.5 Å². The first-order chi connectivity index (χ1) is 6.97. The van der Waals surface area contributed by atoms with E-state index in [0.717, 1.165) is 0 Å². The molecule has 4 N–H and O–H groups in total. The molecule has 0 bridgehead atoms. The Morgan fingerprint density at radius 1 is 1.56 bits per heavy atom. The van der Waals surface area contributed by atoms with Crippen LogP contribution in [-0.2, 0) is 0 Å². The normalized spacial score (nSPS) is 11.7. The van der Waals surface area contributed by atoms with Gasteiger partial charge in [0, 0.05) is 5.56 Å². The van der Waals surface area contributed by atoms with Crippen molar-refractivity contribution in [3.05, 3.63) is 28.8 Å². The van der Waals surface area contributed by atoms with Gasteiger partial charge in [-0.2, -0.15) is 0 Å². The average Bonchev–Trinajstić information content (AvgIpc) is 2.20. The molecule has 0 fully saturated rings. The summed E-state index contributed by atoms with van der Waals surface area (Å²) in [7, 11) is 0. The van der Waals surface area contributed by atoms with Crippen LogP contribution in [0.2, 0.25) is 0 Å². The number of nitrogens with two attached hydrogens (primary N) is 1. The zero-order valence-corrected chi connectivity index (χ0v) is 9.42. The molecular formula is C10H13ClFNO3. The highest BCUT2D eigenvalue weighted by Crippen LogP contribution is 2.28. The number of phenols is 1. The average molecular weight is 250 g/mol. The van der Waals surface area contributed by atoms with Crippen molar-refractivity contribution < 1.29 is 19.4 Å². The molecule has 90 valence electrons. The summed E-state index contributed by atoms with van der Waals surface area (Å²) in [6.45, 7) is 0.687. The predicted octanol–water partition coefficient (Wildman–Crippen LogP) is 1.79. The Kier molecular flexibility index (Phi) is 5.20. The van der Waals surface area contributed by atoms with E-state index in [1.807, 2.05) is 0 Å². The molecule has 0 saturated carbocycles. The molecule has 1 aromatic carbocycles. The summed E-state index contributed by atoms with van der Waals surface area (Å²) in [4.78, 5) is 10.7. The number of aromatic hydroxyl groups is 1.